The average molecular weight is 709 g/mol. The summed E-state index contributed by atoms with van der Waals surface area (Å²) in [5, 5.41) is 43.5. The molecule has 0 saturated heterocycles. The molecule has 3 aliphatic carbocycles. The lowest BCUT2D eigenvalue weighted by Crippen LogP contribution is -2.29. The first kappa shape index (κ1) is 34.2. The van der Waals surface area contributed by atoms with Crippen molar-refractivity contribution in [3.8, 4) is 23.0 Å². The molecule has 52 heavy (non-hydrogen) atoms. The number of hydrogen-bond donors (Lipinski definition) is 5. The number of Topliss-reactive ketones (excluding diaryl/α,β-unsaturated/α-hetero) is 1. The zero-order chi connectivity index (χ0) is 36.7. The van der Waals surface area contributed by atoms with Gasteiger partial charge >= 0.3 is 0 Å². The summed E-state index contributed by atoms with van der Waals surface area (Å²) in [6, 6.07) is 2.62. The van der Waals surface area contributed by atoms with Gasteiger partial charge in [-0.2, -0.15) is 0 Å². The van der Waals surface area contributed by atoms with E-state index in [9.17, 15) is 29.7 Å². The summed E-state index contributed by atoms with van der Waals surface area (Å²) >= 11 is 0. The standard InChI is InChI=1S/C41H44N2O9/c1-17-14-23-29-34-31(40(49)38(23)42-19-6-10-21(45)11-7-19)25(48)16-27(51-4)32(34)33-26(50-3)15-24(47)30-36(33)35(29)37(28(17)18(2)44)41(52-5)39(30)43-20-8-12-22(46)13-9-20/h14-16,19-22,28,42-43,45-46,49H,6-13H2,1-5H3. The zero-order valence-corrected chi connectivity index (χ0v) is 30.1. The lowest BCUT2D eigenvalue weighted by molar-refractivity contribution is -0.117. The zero-order valence-electron chi connectivity index (χ0n) is 30.1. The van der Waals surface area contributed by atoms with Gasteiger partial charge in [0.25, 0.3) is 0 Å². The second kappa shape index (κ2) is 12.7. The number of ether oxygens (including phenoxy) is 3. The van der Waals surface area contributed by atoms with E-state index >= 15 is 0 Å². The van der Waals surface area contributed by atoms with Gasteiger partial charge in [0.2, 0.25) is 0 Å². The van der Waals surface area contributed by atoms with E-state index in [4.69, 9.17) is 14.2 Å². The molecule has 8 rings (SSSR count). The summed E-state index contributed by atoms with van der Waals surface area (Å²) < 4.78 is 18.1. The monoisotopic (exact) mass is 708 g/mol. The molecule has 2 fully saturated rings. The van der Waals surface area contributed by atoms with Crippen LogP contribution in [0.15, 0.2) is 27.3 Å². The first-order chi connectivity index (χ1) is 25.0. The number of carbonyl (C=O) groups excluding carboxylic acids is 1. The molecule has 5 N–H and O–H groups in total. The molecule has 0 aromatic heterocycles. The van der Waals surface area contributed by atoms with Crippen molar-refractivity contribution in [2.45, 2.75) is 95.4 Å². The van der Waals surface area contributed by atoms with Crippen LogP contribution in [0.1, 0.15) is 82.3 Å². The predicted molar refractivity (Wildman–Crippen MR) is 204 cm³/mol. The van der Waals surface area contributed by atoms with Crippen LogP contribution in [0, 0.1) is 0 Å². The molecule has 3 aliphatic rings. The van der Waals surface area contributed by atoms with Gasteiger partial charge in [0.15, 0.2) is 16.6 Å². The van der Waals surface area contributed by atoms with Crippen molar-refractivity contribution in [3.63, 3.8) is 0 Å². The lowest BCUT2D eigenvalue weighted by Gasteiger charge is -2.31. The van der Waals surface area contributed by atoms with Crippen LogP contribution in [0.3, 0.4) is 0 Å². The second-order valence-corrected chi connectivity index (χ2v) is 14.8. The molecule has 5 aromatic carbocycles. The maximum Gasteiger partial charge on any atom is 0.194 e. The fraction of sp³-hybridized carbons (Fsp3) is 0.439. The van der Waals surface area contributed by atoms with Gasteiger partial charge < -0.3 is 40.2 Å². The van der Waals surface area contributed by atoms with Crippen molar-refractivity contribution in [1.82, 2.24) is 0 Å². The number of anilines is 2. The van der Waals surface area contributed by atoms with Crippen molar-refractivity contribution in [3.05, 3.63) is 49.3 Å². The Balaban J connectivity index is 1.64. The molecule has 0 heterocycles. The van der Waals surface area contributed by atoms with E-state index in [1.165, 1.54) is 40.4 Å². The molecule has 1 atom stereocenters. The number of aliphatic hydroxyl groups is 2. The number of methoxy groups -OCH3 is 3. The summed E-state index contributed by atoms with van der Waals surface area (Å²) in [4.78, 5) is 42.6. The predicted octanol–water partition coefficient (Wildman–Crippen LogP) is 6.15. The molecule has 0 bridgehead atoms. The fourth-order valence-corrected chi connectivity index (χ4v) is 9.43. The minimum absolute atomic E-state index is 0.0739. The van der Waals surface area contributed by atoms with Crippen molar-refractivity contribution in [1.29, 1.82) is 0 Å². The highest BCUT2D eigenvalue weighted by Crippen LogP contribution is 2.58. The Morgan fingerprint density at radius 1 is 0.673 bits per heavy atom. The molecular formula is C41H44N2O9. The van der Waals surface area contributed by atoms with E-state index in [2.05, 4.69) is 10.6 Å². The number of ketones is 1. The molecular weight excluding hydrogens is 664 g/mol. The number of phenols is 1. The number of allylic oxidation sites excluding steroid dienone is 1. The number of phenolic OH excluding ortho intramolecular Hbond substituents is 1. The van der Waals surface area contributed by atoms with Gasteiger partial charge in [-0.3, -0.25) is 14.4 Å². The molecule has 1 unspecified atom stereocenters. The van der Waals surface area contributed by atoms with Crippen LogP contribution in [0.4, 0.5) is 11.4 Å². The highest BCUT2D eigenvalue weighted by molar-refractivity contribution is 6.40. The van der Waals surface area contributed by atoms with Crippen LogP contribution in [0.2, 0.25) is 0 Å². The Hall–Kier alpha value is -4.87. The van der Waals surface area contributed by atoms with Crippen molar-refractivity contribution >= 4 is 66.3 Å². The largest absolute Gasteiger partial charge is 0.505 e. The van der Waals surface area contributed by atoms with E-state index in [0.29, 0.717) is 123 Å². The Kier molecular flexibility index (Phi) is 8.34. The van der Waals surface area contributed by atoms with E-state index in [-0.39, 0.29) is 52.0 Å². The molecule has 0 amide bonds. The molecule has 0 spiro atoms. The van der Waals surface area contributed by atoms with Gasteiger partial charge in [-0.15, -0.1) is 0 Å². The van der Waals surface area contributed by atoms with Crippen LogP contribution in [0.5, 0.6) is 23.0 Å². The number of rotatable bonds is 8. The molecule has 5 aromatic rings. The van der Waals surface area contributed by atoms with Crippen LogP contribution < -0.4 is 35.7 Å². The molecule has 2 saturated carbocycles. The molecule has 11 heteroatoms. The Morgan fingerprint density at radius 3 is 1.67 bits per heavy atom. The summed E-state index contributed by atoms with van der Waals surface area (Å²) in [6.45, 7) is 3.41. The summed E-state index contributed by atoms with van der Waals surface area (Å²) in [7, 11) is 4.49. The Labute approximate surface area is 299 Å². The quantitative estimate of drug-likeness (QED) is 0.0714. The maximum absolute atomic E-state index is 14.5. The second-order valence-electron chi connectivity index (χ2n) is 14.8. The molecule has 0 radical (unpaired) electrons. The van der Waals surface area contributed by atoms with Gasteiger partial charge in [-0.05, 0) is 70.6 Å². The minimum Gasteiger partial charge on any atom is -0.505 e. The van der Waals surface area contributed by atoms with Crippen LogP contribution in [-0.2, 0) is 4.79 Å². The summed E-state index contributed by atoms with van der Waals surface area (Å²) in [5.74, 6) is -0.300. The summed E-state index contributed by atoms with van der Waals surface area (Å²) in [5.41, 5.74) is 1.89. The first-order valence-corrected chi connectivity index (χ1v) is 18.1. The number of fused-ring (bicyclic) bond motifs is 1. The van der Waals surface area contributed by atoms with Crippen LogP contribution in [0.25, 0.3) is 49.2 Å². The normalized spacial score (nSPS) is 23.3. The number of hydrogen-bond acceptors (Lipinski definition) is 11. The average Bonchev–Trinajstić information content (AvgIpc) is 3.25. The van der Waals surface area contributed by atoms with Crippen LogP contribution >= 0.6 is 0 Å². The van der Waals surface area contributed by atoms with E-state index in [1.54, 1.807) is 0 Å². The number of carbonyl (C=O) groups is 1. The highest BCUT2D eigenvalue weighted by atomic mass is 16.5. The Morgan fingerprint density at radius 2 is 1.17 bits per heavy atom. The van der Waals surface area contributed by atoms with Crippen molar-refractivity contribution in [2.24, 2.45) is 0 Å². The third-order valence-corrected chi connectivity index (χ3v) is 11.8. The van der Waals surface area contributed by atoms with Crippen LogP contribution in [-0.4, -0.2) is 66.7 Å². The van der Waals surface area contributed by atoms with E-state index < -0.39 is 17.5 Å². The first-order valence-electron chi connectivity index (χ1n) is 18.1. The highest BCUT2D eigenvalue weighted by Gasteiger charge is 2.38. The van der Waals surface area contributed by atoms with Crippen molar-refractivity contribution < 1.29 is 34.3 Å². The topological polar surface area (TPSA) is 164 Å². The maximum atomic E-state index is 14.5. The number of aromatic hydroxyl groups is 1. The molecule has 272 valence electrons. The smallest absolute Gasteiger partial charge is 0.194 e. The third-order valence-electron chi connectivity index (χ3n) is 11.8. The molecule has 11 nitrogen and oxygen atoms in total. The summed E-state index contributed by atoms with van der Waals surface area (Å²) in [6.07, 6.45) is 6.20. The molecule has 0 aliphatic heterocycles. The minimum atomic E-state index is -0.807. The third kappa shape index (κ3) is 4.96. The SMILES string of the molecule is COc1c(NC2CCC(O)CC2)c2c(=O)cc(OC)c3c4c(OC)cc(=O)c5c(O)c(NC6CCC(O)CC6)c6c(c(c1C(C(C)=O)C(C)=C6)c23)c54. The van der Waals surface area contributed by atoms with Gasteiger partial charge in [0.1, 0.15) is 23.0 Å². The van der Waals surface area contributed by atoms with Gasteiger partial charge in [-0.1, -0.05) is 11.6 Å². The van der Waals surface area contributed by atoms with E-state index in [0.717, 1.165) is 0 Å². The van der Waals surface area contributed by atoms with Crippen molar-refractivity contribution in [2.75, 3.05) is 32.0 Å². The van der Waals surface area contributed by atoms with Gasteiger partial charge in [-0.25, -0.2) is 0 Å². The number of benzene rings is 5. The fourth-order valence-electron chi connectivity index (χ4n) is 9.43. The lowest BCUT2D eigenvalue weighted by atomic mass is 9.80. The van der Waals surface area contributed by atoms with Gasteiger partial charge in [0.05, 0.1) is 61.6 Å². The van der Waals surface area contributed by atoms with E-state index in [1.807, 2.05) is 13.0 Å². The Bertz CT molecular complexity index is 2420. The van der Waals surface area contributed by atoms with Gasteiger partial charge in [0, 0.05) is 62.3 Å². The number of nitrogens with one attached hydrogen (secondary N) is 2. The number of aliphatic hydroxyl groups excluding tert-OH is 2.